The molecule has 44 heavy (non-hydrogen) atoms. The van der Waals surface area contributed by atoms with Crippen molar-refractivity contribution in [3.8, 4) is 0 Å². The van der Waals surface area contributed by atoms with Gasteiger partial charge in [-0.2, -0.15) is 0 Å². The number of piperidine rings is 1. The number of amides is 2. The molecule has 0 aromatic heterocycles. The number of ether oxygens (including phenoxy) is 1. The van der Waals surface area contributed by atoms with Gasteiger partial charge >= 0.3 is 0 Å². The Morgan fingerprint density at radius 2 is 1.82 bits per heavy atom. The number of nitrogens with one attached hydrogen (secondary N) is 1. The fraction of sp³-hybridized carbons (Fsp3) is 0.559. The summed E-state index contributed by atoms with van der Waals surface area (Å²) in [6.07, 6.45) is 6.13. The van der Waals surface area contributed by atoms with Gasteiger partial charge in [0.05, 0.1) is 12.6 Å². The first kappa shape index (κ1) is 32.3. The van der Waals surface area contributed by atoms with Crippen LogP contribution < -0.4 is 11.1 Å². The Morgan fingerprint density at radius 3 is 2.57 bits per heavy atom. The van der Waals surface area contributed by atoms with E-state index < -0.39 is 17.6 Å². The number of hydrogen-bond acceptors (Lipinski definition) is 7. The monoisotopic (exact) mass is 622 g/mol. The fourth-order valence-corrected chi connectivity index (χ4v) is 6.66. The zero-order chi connectivity index (χ0) is 31.1. The topological polar surface area (TPSA) is 103 Å². The second-order valence-corrected chi connectivity index (χ2v) is 13.2. The Labute approximate surface area is 266 Å². The van der Waals surface area contributed by atoms with Gasteiger partial charge in [-0.15, -0.1) is 0 Å². The number of aliphatic imine (C=N–C) groups is 1. The molecule has 2 unspecified atom stereocenters. The Hall–Kier alpha value is -3.14. The molecule has 9 nitrogen and oxygen atoms in total. The first-order chi connectivity index (χ1) is 21.2. The van der Waals surface area contributed by atoms with Crippen LogP contribution in [-0.2, 0) is 20.9 Å². The quantitative estimate of drug-likeness (QED) is 0.382. The van der Waals surface area contributed by atoms with Crippen molar-refractivity contribution in [1.82, 2.24) is 20.0 Å². The molecule has 0 saturated carbocycles. The van der Waals surface area contributed by atoms with Gasteiger partial charge in [0.1, 0.15) is 11.6 Å². The summed E-state index contributed by atoms with van der Waals surface area (Å²) >= 11 is 6.16. The molecule has 0 radical (unpaired) electrons. The number of likely N-dealkylation sites (tertiary alicyclic amines) is 1. The lowest BCUT2D eigenvalue weighted by Crippen LogP contribution is -2.63. The van der Waals surface area contributed by atoms with Crippen LogP contribution in [0, 0.1) is 0 Å². The number of unbranched alkanes of at least 4 members (excludes halogenated alkanes) is 1. The molecule has 238 valence electrons. The third kappa shape index (κ3) is 8.11. The number of rotatable bonds is 10. The molecule has 2 saturated heterocycles. The largest absolute Gasteiger partial charge is 0.454 e. The van der Waals surface area contributed by atoms with E-state index in [2.05, 4.69) is 24.1 Å². The molecule has 5 rings (SSSR count). The highest BCUT2D eigenvalue weighted by atomic mass is 35.5. The molecule has 2 aromatic rings. The van der Waals surface area contributed by atoms with Crippen LogP contribution in [-0.4, -0.2) is 89.4 Å². The van der Waals surface area contributed by atoms with Gasteiger partial charge in [-0.25, -0.2) is 4.99 Å². The first-order valence-corrected chi connectivity index (χ1v) is 16.5. The van der Waals surface area contributed by atoms with Crippen molar-refractivity contribution in [2.45, 2.75) is 82.6 Å². The molecule has 2 amide bonds. The lowest BCUT2D eigenvalue weighted by atomic mass is 9.93. The van der Waals surface area contributed by atoms with E-state index in [1.165, 1.54) is 32.4 Å². The lowest BCUT2D eigenvalue weighted by molar-refractivity contribution is -0.144. The molecule has 10 heteroatoms. The van der Waals surface area contributed by atoms with Crippen molar-refractivity contribution in [1.29, 1.82) is 0 Å². The molecular formula is C34H47ClN6O3. The molecule has 3 heterocycles. The number of halogens is 1. The lowest BCUT2D eigenvalue weighted by Gasteiger charge is -2.41. The number of amidine groups is 1. The summed E-state index contributed by atoms with van der Waals surface area (Å²) in [7, 11) is 0. The van der Waals surface area contributed by atoms with Crippen LogP contribution in [0.1, 0.15) is 69.6 Å². The third-order valence-corrected chi connectivity index (χ3v) is 9.18. The summed E-state index contributed by atoms with van der Waals surface area (Å²) in [5.41, 5.74) is 7.93. The maximum atomic E-state index is 13.7. The van der Waals surface area contributed by atoms with Crippen LogP contribution >= 0.6 is 11.6 Å². The van der Waals surface area contributed by atoms with Gasteiger partial charge in [-0.1, -0.05) is 66.9 Å². The minimum absolute atomic E-state index is 0.178. The zero-order valence-electron chi connectivity index (χ0n) is 26.1. The molecule has 3 atom stereocenters. The van der Waals surface area contributed by atoms with Crippen molar-refractivity contribution >= 4 is 29.4 Å². The number of benzene rings is 2. The summed E-state index contributed by atoms with van der Waals surface area (Å²) in [6.45, 7) is 8.92. The van der Waals surface area contributed by atoms with Crippen LogP contribution in [0.3, 0.4) is 0 Å². The summed E-state index contributed by atoms with van der Waals surface area (Å²) in [6, 6.07) is 16.6. The van der Waals surface area contributed by atoms with Crippen molar-refractivity contribution in [2.75, 3.05) is 39.3 Å². The van der Waals surface area contributed by atoms with Crippen LogP contribution in [0.5, 0.6) is 0 Å². The van der Waals surface area contributed by atoms with Crippen molar-refractivity contribution in [3.05, 3.63) is 70.7 Å². The summed E-state index contributed by atoms with van der Waals surface area (Å²) in [5.74, 6) is -0.417. The van der Waals surface area contributed by atoms with Crippen LogP contribution in [0.2, 0.25) is 5.02 Å². The van der Waals surface area contributed by atoms with E-state index in [9.17, 15) is 9.59 Å². The summed E-state index contributed by atoms with van der Waals surface area (Å²) in [5, 5.41) is 3.63. The maximum absolute atomic E-state index is 13.7. The number of hydrogen-bond donors (Lipinski definition) is 2. The standard InChI is InChI=1S/C34H47ClN6O3/c1-34(2)30(26-13-5-3-6-14-26)44-33(38-34)40-20-21-41(29(24-40)31(42)37-23-25-12-11-15-27(35)22-25)32(43)28(36)16-7-10-19-39-17-8-4-9-18-39/h3,5-6,11-15,22,28-30H,4,7-10,16-21,23-24,36H2,1-2H3,(H,37,42)/t28?,29-,30?/m0/s1. The molecule has 0 spiro atoms. The average molecular weight is 623 g/mol. The molecule has 3 N–H and O–H groups in total. The zero-order valence-corrected chi connectivity index (χ0v) is 26.8. The second-order valence-electron chi connectivity index (χ2n) is 12.8. The van der Waals surface area contributed by atoms with Gasteiger partial charge in [-0.05, 0) is 82.4 Å². The molecule has 0 aliphatic carbocycles. The number of nitrogens with zero attached hydrogens (tertiary/aromatic N) is 4. The summed E-state index contributed by atoms with van der Waals surface area (Å²) < 4.78 is 6.43. The van der Waals surface area contributed by atoms with E-state index in [0.717, 1.165) is 30.5 Å². The minimum atomic E-state index is -0.736. The predicted octanol–water partition coefficient (Wildman–Crippen LogP) is 4.36. The van der Waals surface area contributed by atoms with E-state index in [0.29, 0.717) is 37.1 Å². The van der Waals surface area contributed by atoms with Gasteiger partial charge in [0.15, 0.2) is 6.10 Å². The molecule has 3 aliphatic heterocycles. The Balaban J connectivity index is 1.25. The predicted molar refractivity (Wildman–Crippen MR) is 174 cm³/mol. The molecule has 3 aliphatic rings. The Kier molecular flexibility index (Phi) is 10.8. The smallest absolute Gasteiger partial charge is 0.288 e. The van der Waals surface area contributed by atoms with Gasteiger partial charge in [0.25, 0.3) is 6.02 Å². The van der Waals surface area contributed by atoms with Crippen molar-refractivity contribution in [2.24, 2.45) is 10.7 Å². The maximum Gasteiger partial charge on any atom is 0.288 e. The summed E-state index contributed by atoms with van der Waals surface area (Å²) in [4.78, 5) is 38.5. The van der Waals surface area contributed by atoms with Gasteiger partial charge in [-0.3, -0.25) is 9.59 Å². The normalized spacial score (nSPS) is 22.7. The molecule has 0 bridgehead atoms. The van der Waals surface area contributed by atoms with E-state index in [1.807, 2.05) is 53.4 Å². The van der Waals surface area contributed by atoms with Gasteiger partial charge in [0.2, 0.25) is 11.8 Å². The number of carbonyl (C=O) groups is 2. The van der Waals surface area contributed by atoms with E-state index >= 15 is 0 Å². The number of nitrogens with two attached hydrogens (primary N) is 1. The number of carbonyl (C=O) groups excluding carboxylic acids is 2. The van der Waals surface area contributed by atoms with Crippen molar-refractivity contribution < 1.29 is 14.3 Å². The molecule has 2 fully saturated rings. The van der Waals surface area contributed by atoms with E-state index in [-0.39, 0.29) is 24.5 Å². The average Bonchev–Trinajstić information content (AvgIpc) is 3.37. The van der Waals surface area contributed by atoms with Gasteiger partial charge in [0, 0.05) is 24.7 Å². The Bertz CT molecular complexity index is 1300. The third-order valence-electron chi connectivity index (χ3n) is 8.95. The van der Waals surface area contributed by atoms with Crippen LogP contribution in [0.15, 0.2) is 59.6 Å². The minimum Gasteiger partial charge on any atom is -0.454 e. The fourth-order valence-electron chi connectivity index (χ4n) is 6.45. The van der Waals surface area contributed by atoms with E-state index in [1.54, 1.807) is 11.0 Å². The Morgan fingerprint density at radius 1 is 1.05 bits per heavy atom. The van der Waals surface area contributed by atoms with Crippen molar-refractivity contribution in [3.63, 3.8) is 0 Å². The second kappa shape index (κ2) is 14.8. The van der Waals surface area contributed by atoms with Gasteiger partial charge < -0.3 is 30.5 Å². The van der Waals surface area contributed by atoms with E-state index in [4.69, 9.17) is 27.1 Å². The first-order valence-electron chi connectivity index (χ1n) is 16.1. The highest BCUT2D eigenvalue weighted by molar-refractivity contribution is 6.30. The SMILES string of the molecule is CC1(C)N=C(N2CCN(C(=O)C(N)CCCCN3CCCCC3)[C@H](C(=O)NCc3cccc(Cl)c3)C2)OC1c1ccccc1. The molecular weight excluding hydrogens is 576 g/mol. The van der Waals surface area contributed by atoms with Crippen LogP contribution in [0.4, 0.5) is 0 Å². The highest BCUT2D eigenvalue weighted by Crippen LogP contribution is 2.38. The molecule has 2 aromatic carbocycles. The number of piperazine rings is 1. The highest BCUT2D eigenvalue weighted by Gasteiger charge is 2.44. The van der Waals surface area contributed by atoms with Crippen LogP contribution in [0.25, 0.3) is 0 Å².